The Bertz CT molecular complexity index is 406. The van der Waals surface area contributed by atoms with Crippen LogP contribution in [0.2, 0.25) is 0 Å². The lowest BCUT2D eigenvalue weighted by molar-refractivity contribution is -0.120. The number of nitrogens with zero attached hydrogens (tertiary/aromatic N) is 1. The number of rotatable bonds is 7. The first kappa shape index (κ1) is 15.7. The number of nitrogens with two attached hydrogens (primary N) is 1. The van der Waals surface area contributed by atoms with Crippen molar-refractivity contribution in [3.63, 3.8) is 0 Å². The molecule has 1 amide bonds. The number of nitrogens with one attached hydrogen (secondary N) is 1. The highest BCUT2D eigenvalue weighted by Gasteiger charge is 2.10. The van der Waals surface area contributed by atoms with E-state index in [1.807, 2.05) is 18.2 Å². The van der Waals surface area contributed by atoms with E-state index in [2.05, 4.69) is 37.3 Å². The van der Waals surface area contributed by atoms with E-state index in [-0.39, 0.29) is 5.91 Å². The van der Waals surface area contributed by atoms with Crippen molar-refractivity contribution in [2.24, 2.45) is 11.8 Å². The molecule has 0 aromatic heterocycles. The Kier molecular flexibility index (Phi) is 6.53. The Labute approximate surface area is 115 Å². The van der Waals surface area contributed by atoms with Crippen LogP contribution in [0.4, 0.5) is 0 Å². The predicted molar refractivity (Wildman–Crippen MR) is 78.3 cm³/mol. The number of carbonyl (C=O) groups is 1. The van der Waals surface area contributed by atoms with Gasteiger partial charge in [0.15, 0.2) is 0 Å². The molecule has 0 saturated heterocycles. The molecule has 0 aliphatic heterocycles. The molecule has 0 heterocycles. The summed E-state index contributed by atoms with van der Waals surface area (Å²) in [5.74, 6) is 5.67. The van der Waals surface area contributed by atoms with E-state index >= 15 is 0 Å². The fourth-order valence-electron chi connectivity index (χ4n) is 2.12. The maximum Gasteiger partial charge on any atom is 0.238 e. The fraction of sp³-hybridized carbons (Fsp3) is 0.533. The van der Waals surface area contributed by atoms with Crippen LogP contribution < -0.4 is 11.3 Å². The van der Waals surface area contributed by atoms with Crippen LogP contribution in [0.1, 0.15) is 31.4 Å². The highest BCUT2D eigenvalue weighted by Crippen LogP contribution is 2.13. The van der Waals surface area contributed by atoms with Gasteiger partial charge in [0, 0.05) is 13.1 Å². The highest BCUT2D eigenvalue weighted by atomic mass is 16.2. The van der Waals surface area contributed by atoms with E-state index in [0.717, 1.165) is 18.7 Å². The van der Waals surface area contributed by atoms with Gasteiger partial charge in [0.2, 0.25) is 5.91 Å². The summed E-state index contributed by atoms with van der Waals surface area (Å²) in [6, 6.07) is 8.03. The maximum absolute atomic E-state index is 11.4. The van der Waals surface area contributed by atoms with Gasteiger partial charge in [-0.1, -0.05) is 44.5 Å². The summed E-state index contributed by atoms with van der Waals surface area (Å²) in [5, 5.41) is 0. The third kappa shape index (κ3) is 5.41. The van der Waals surface area contributed by atoms with Crippen molar-refractivity contribution in [2.45, 2.75) is 33.2 Å². The van der Waals surface area contributed by atoms with Gasteiger partial charge in [-0.2, -0.15) is 0 Å². The van der Waals surface area contributed by atoms with Crippen LogP contribution in [0.5, 0.6) is 0 Å². The standard InChI is InChI=1S/C15H25N3O/c1-4-12(2)10-18(3)11-14-8-6-5-7-13(14)9-15(19)17-16/h5-8,12H,4,9-11,16H2,1-3H3,(H,17,19). The van der Waals surface area contributed by atoms with Crippen molar-refractivity contribution in [3.05, 3.63) is 35.4 Å². The topological polar surface area (TPSA) is 58.4 Å². The Morgan fingerprint density at radius 3 is 2.58 bits per heavy atom. The predicted octanol–water partition coefficient (Wildman–Crippen LogP) is 1.70. The first-order valence-electron chi connectivity index (χ1n) is 6.81. The van der Waals surface area contributed by atoms with Crippen LogP contribution >= 0.6 is 0 Å². The molecule has 1 atom stereocenters. The van der Waals surface area contributed by atoms with Crippen molar-refractivity contribution in [1.82, 2.24) is 10.3 Å². The molecular formula is C15H25N3O. The second-order valence-corrected chi connectivity index (χ2v) is 5.22. The smallest absolute Gasteiger partial charge is 0.238 e. The third-order valence-electron chi connectivity index (χ3n) is 3.39. The largest absolute Gasteiger partial charge is 0.302 e. The lowest BCUT2D eigenvalue weighted by atomic mass is 10.0. The second-order valence-electron chi connectivity index (χ2n) is 5.22. The molecule has 0 fully saturated rings. The minimum absolute atomic E-state index is 0.156. The monoisotopic (exact) mass is 263 g/mol. The third-order valence-corrected chi connectivity index (χ3v) is 3.39. The summed E-state index contributed by atoms with van der Waals surface area (Å²) in [7, 11) is 2.12. The first-order chi connectivity index (χ1) is 9.06. The number of hydrazine groups is 1. The van der Waals surface area contributed by atoms with Gasteiger partial charge >= 0.3 is 0 Å². The van der Waals surface area contributed by atoms with Crippen molar-refractivity contribution in [2.75, 3.05) is 13.6 Å². The zero-order valence-corrected chi connectivity index (χ0v) is 12.1. The highest BCUT2D eigenvalue weighted by molar-refractivity contribution is 5.78. The Morgan fingerprint density at radius 1 is 1.37 bits per heavy atom. The van der Waals surface area contributed by atoms with Gasteiger partial charge in [0.05, 0.1) is 6.42 Å². The number of benzene rings is 1. The number of carbonyl (C=O) groups excluding carboxylic acids is 1. The minimum atomic E-state index is -0.156. The molecule has 4 nitrogen and oxygen atoms in total. The molecule has 0 aliphatic rings. The molecule has 0 saturated carbocycles. The van der Waals surface area contributed by atoms with Crippen molar-refractivity contribution in [3.8, 4) is 0 Å². The van der Waals surface area contributed by atoms with Crippen LogP contribution in [-0.2, 0) is 17.8 Å². The number of amides is 1. The van der Waals surface area contributed by atoms with Gasteiger partial charge in [-0.25, -0.2) is 5.84 Å². The lowest BCUT2D eigenvalue weighted by Gasteiger charge is -2.21. The van der Waals surface area contributed by atoms with Crippen LogP contribution in [0.25, 0.3) is 0 Å². The minimum Gasteiger partial charge on any atom is -0.302 e. The van der Waals surface area contributed by atoms with Gasteiger partial charge in [0.25, 0.3) is 0 Å². The molecule has 4 heteroatoms. The van der Waals surface area contributed by atoms with Crippen LogP contribution in [0.3, 0.4) is 0 Å². The van der Waals surface area contributed by atoms with Crippen molar-refractivity contribution in [1.29, 1.82) is 0 Å². The molecule has 1 aromatic carbocycles. The molecule has 3 N–H and O–H groups in total. The quantitative estimate of drug-likeness (QED) is 0.447. The van der Waals surface area contributed by atoms with Gasteiger partial charge in [-0.3, -0.25) is 10.2 Å². The normalized spacial score (nSPS) is 12.5. The summed E-state index contributed by atoms with van der Waals surface area (Å²) >= 11 is 0. The molecular weight excluding hydrogens is 238 g/mol. The van der Waals surface area contributed by atoms with Gasteiger partial charge in [-0.15, -0.1) is 0 Å². The first-order valence-corrected chi connectivity index (χ1v) is 6.81. The lowest BCUT2D eigenvalue weighted by Crippen LogP contribution is -2.32. The summed E-state index contributed by atoms with van der Waals surface area (Å²) in [5.41, 5.74) is 4.42. The zero-order valence-electron chi connectivity index (χ0n) is 12.1. The Morgan fingerprint density at radius 2 is 2.00 bits per heavy atom. The number of hydrogen-bond donors (Lipinski definition) is 2. The molecule has 0 spiro atoms. The van der Waals surface area contributed by atoms with Gasteiger partial charge < -0.3 is 4.90 Å². The average molecular weight is 263 g/mol. The van der Waals surface area contributed by atoms with E-state index in [0.29, 0.717) is 12.3 Å². The zero-order chi connectivity index (χ0) is 14.3. The summed E-state index contributed by atoms with van der Waals surface area (Å²) in [6.45, 7) is 6.38. The molecule has 0 radical (unpaired) electrons. The van der Waals surface area contributed by atoms with E-state index < -0.39 is 0 Å². The molecule has 1 unspecified atom stereocenters. The molecule has 1 rings (SSSR count). The average Bonchev–Trinajstić information content (AvgIpc) is 2.40. The van der Waals surface area contributed by atoms with E-state index in [4.69, 9.17) is 5.84 Å². The van der Waals surface area contributed by atoms with E-state index in [1.54, 1.807) is 0 Å². The maximum atomic E-state index is 11.4. The number of hydrogen-bond acceptors (Lipinski definition) is 3. The SMILES string of the molecule is CCC(C)CN(C)Cc1ccccc1CC(=O)NN. The van der Waals surface area contributed by atoms with Crippen LogP contribution in [-0.4, -0.2) is 24.4 Å². The Hall–Kier alpha value is -1.39. The second kappa shape index (κ2) is 7.92. The molecule has 1 aromatic rings. The van der Waals surface area contributed by atoms with E-state index in [1.165, 1.54) is 12.0 Å². The van der Waals surface area contributed by atoms with Gasteiger partial charge in [0.1, 0.15) is 0 Å². The molecule has 19 heavy (non-hydrogen) atoms. The summed E-state index contributed by atoms with van der Waals surface area (Å²) in [6.07, 6.45) is 1.52. The van der Waals surface area contributed by atoms with Gasteiger partial charge in [-0.05, 0) is 24.1 Å². The summed E-state index contributed by atoms with van der Waals surface area (Å²) in [4.78, 5) is 13.7. The van der Waals surface area contributed by atoms with Crippen molar-refractivity contribution >= 4 is 5.91 Å². The fourth-order valence-corrected chi connectivity index (χ4v) is 2.12. The van der Waals surface area contributed by atoms with Crippen LogP contribution in [0.15, 0.2) is 24.3 Å². The van der Waals surface area contributed by atoms with E-state index in [9.17, 15) is 4.79 Å². The van der Waals surface area contributed by atoms with Crippen molar-refractivity contribution < 1.29 is 4.79 Å². The molecule has 0 bridgehead atoms. The molecule has 0 aliphatic carbocycles. The molecule has 106 valence electrons. The van der Waals surface area contributed by atoms with Crippen LogP contribution in [0, 0.1) is 5.92 Å². The Balaban J connectivity index is 2.69. The summed E-state index contributed by atoms with van der Waals surface area (Å²) < 4.78 is 0.